The van der Waals surface area contributed by atoms with Crippen LogP contribution in [0.3, 0.4) is 0 Å². The van der Waals surface area contributed by atoms with Crippen molar-refractivity contribution in [1.29, 1.82) is 0 Å². The van der Waals surface area contributed by atoms with Gasteiger partial charge in [0.05, 0.1) is 5.41 Å². The van der Waals surface area contributed by atoms with Gasteiger partial charge in [-0.15, -0.1) is 10.2 Å². The minimum Gasteiger partial charge on any atom is -0.455 e. The van der Waals surface area contributed by atoms with Crippen LogP contribution in [0.15, 0.2) is 49.9 Å². The van der Waals surface area contributed by atoms with Gasteiger partial charge in [0.2, 0.25) is 0 Å². The molecular weight excluding hydrogens is 436 g/mol. The van der Waals surface area contributed by atoms with E-state index in [4.69, 9.17) is 25.2 Å². The zero-order valence-electron chi connectivity index (χ0n) is 14.3. The molecule has 0 aliphatic heterocycles. The Balaban J connectivity index is 1.48. The summed E-state index contributed by atoms with van der Waals surface area (Å²) in [6, 6.07) is 10.8. The molecule has 3 aromatic rings. The molecule has 0 N–H and O–H groups in total. The van der Waals surface area contributed by atoms with Gasteiger partial charge in [-0.1, -0.05) is 36.6 Å². The van der Waals surface area contributed by atoms with Crippen LogP contribution in [0.5, 0.6) is 0 Å². The number of carbonyl (C=O) groups excluding carboxylic acids is 1. The molecule has 0 atom stereocenters. The Morgan fingerprint density at radius 1 is 1.11 bits per heavy atom. The van der Waals surface area contributed by atoms with Crippen LogP contribution < -0.4 is 0 Å². The molecule has 2 heterocycles. The number of ether oxygens (including phenoxy) is 1. The largest absolute Gasteiger partial charge is 0.455 e. The Kier molecular flexibility index (Phi) is 5.06. The molecule has 1 aliphatic rings. The Labute approximate surface area is 169 Å². The van der Waals surface area contributed by atoms with Gasteiger partial charge in [0.15, 0.2) is 17.0 Å². The quantitative estimate of drug-likeness (QED) is 0.490. The predicted octanol–water partition coefficient (Wildman–Crippen LogP) is 5.30. The van der Waals surface area contributed by atoms with E-state index in [0.29, 0.717) is 15.5 Å². The topological polar surface area (TPSA) is 78.4 Å². The predicted molar refractivity (Wildman–Crippen MR) is 101 cm³/mol. The first-order chi connectivity index (χ1) is 13.1. The maximum Gasteiger partial charge on any atom is 0.317 e. The second-order valence-corrected chi connectivity index (χ2v) is 7.69. The van der Waals surface area contributed by atoms with Crippen molar-refractivity contribution >= 4 is 33.5 Å². The lowest BCUT2D eigenvalue weighted by Gasteiger charge is -2.27. The molecule has 4 rings (SSSR count). The summed E-state index contributed by atoms with van der Waals surface area (Å²) >= 11 is 9.21. The van der Waals surface area contributed by atoms with Crippen LogP contribution in [-0.4, -0.2) is 16.2 Å². The Morgan fingerprint density at radius 2 is 1.85 bits per heavy atom. The molecule has 6 nitrogen and oxygen atoms in total. The van der Waals surface area contributed by atoms with E-state index in [1.54, 1.807) is 24.3 Å². The molecule has 1 aromatic carbocycles. The number of halogens is 2. The van der Waals surface area contributed by atoms with Gasteiger partial charge < -0.3 is 13.6 Å². The van der Waals surface area contributed by atoms with E-state index in [1.807, 2.05) is 12.1 Å². The second kappa shape index (κ2) is 7.48. The lowest BCUT2D eigenvalue weighted by molar-refractivity contribution is -0.152. The van der Waals surface area contributed by atoms with Crippen molar-refractivity contribution in [3.63, 3.8) is 0 Å². The third kappa shape index (κ3) is 3.66. The number of benzene rings is 1. The van der Waals surface area contributed by atoms with Gasteiger partial charge >= 0.3 is 5.97 Å². The van der Waals surface area contributed by atoms with Crippen molar-refractivity contribution in [2.24, 2.45) is 0 Å². The fourth-order valence-corrected chi connectivity index (χ4v) is 3.90. The number of carbonyl (C=O) groups is 1. The molecule has 140 valence electrons. The average Bonchev–Trinajstić information content (AvgIpc) is 3.41. The van der Waals surface area contributed by atoms with Crippen LogP contribution in [-0.2, 0) is 21.6 Å². The van der Waals surface area contributed by atoms with Gasteiger partial charge in [-0.05, 0) is 58.6 Å². The van der Waals surface area contributed by atoms with Crippen LogP contribution in [0.2, 0.25) is 5.02 Å². The molecule has 0 amide bonds. The van der Waals surface area contributed by atoms with Crippen LogP contribution in [0.25, 0.3) is 11.7 Å². The van der Waals surface area contributed by atoms with E-state index in [1.165, 1.54) is 0 Å². The highest BCUT2D eigenvalue weighted by atomic mass is 79.9. The molecule has 0 unspecified atom stereocenters. The highest BCUT2D eigenvalue weighted by molar-refractivity contribution is 9.10. The van der Waals surface area contributed by atoms with E-state index in [0.717, 1.165) is 31.2 Å². The van der Waals surface area contributed by atoms with Gasteiger partial charge in [-0.2, -0.15) is 0 Å². The molecule has 8 heteroatoms. The molecule has 0 saturated heterocycles. The second-order valence-electron chi connectivity index (χ2n) is 6.48. The number of esters is 1. The highest BCUT2D eigenvalue weighted by Crippen LogP contribution is 2.42. The first-order valence-electron chi connectivity index (χ1n) is 8.58. The van der Waals surface area contributed by atoms with Crippen molar-refractivity contribution in [2.45, 2.75) is 37.7 Å². The minimum atomic E-state index is -0.640. The summed E-state index contributed by atoms with van der Waals surface area (Å²) in [5, 5.41) is 8.49. The van der Waals surface area contributed by atoms with Crippen molar-refractivity contribution in [3.05, 3.63) is 57.5 Å². The summed E-state index contributed by atoms with van der Waals surface area (Å²) in [6.45, 7) is -0.0803. The Bertz CT molecular complexity index is 945. The van der Waals surface area contributed by atoms with Gasteiger partial charge in [0.1, 0.15) is 0 Å². The number of aromatic nitrogens is 2. The van der Waals surface area contributed by atoms with Gasteiger partial charge in [0.25, 0.3) is 11.8 Å². The summed E-state index contributed by atoms with van der Waals surface area (Å²) in [7, 11) is 0. The number of furan rings is 1. The number of hydrogen-bond donors (Lipinski definition) is 0. The number of nitrogens with zero attached hydrogens (tertiary/aromatic N) is 2. The molecule has 27 heavy (non-hydrogen) atoms. The standard InChI is InChI=1S/C19H16BrClN2O4/c20-15-8-7-14(26-15)17-23-22-16(27-17)11-25-18(24)19(9-1-2-10-19)12-3-5-13(21)6-4-12/h3-8H,1-2,9-11H2. The summed E-state index contributed by atoms with van der Waals surface area (Å²) < 4.78 is 17.0. The van der Waals surface area contributed by atoms with Crippen LogP contribution >= 0.6 is 27.5 Å². The van der Waals surface area contributed by atoms with Gasteiger partial charge in [-0.25, -0.2) is 0 Å². The van der Waals surface area contributed by atoms with E-state index < -0.39 is 5.41 Å². The Morgan fingerprint density at radius 3 is 2.52 bits per heavy atom. The molecule has 1 saturated carbocycles. The first kappa shape index (κ1) is 18.3. The zero-order chi connectivity index (χ0) is 18.9. The van der Waals surface area contributed by atoms with Crippen molar-refractivity contribution in [1.82, 2.24) is 10.2 Å². The highest BCUT2D eigenvalue weighted by Gasteiger charge is 2.44. The smallest absolute Gasteiger partial charge is 0.317 e. The van der Waals surface area contributed by atoms with Crippen molar-refractivity contribution < 1.29 is 18.4 Å². The van der Waals surface area contributed by atoms with E-state index in [-0.39, 0.29) is 24.4 Å². The lowest BCUT2D eigenvalue weighted by atomic mass is 9.79. The van der Waals surface area contributed by atoms with Gasteiger partial charge in [-0.3, -0.25) is 4.79 Å². The summed E-state index contributed by atoms with van der Waals surface area (Å²) in [5.41, 5.74) is 0.292. The number of rotatable bonds is 5. The van der Waals surface area contributed by atoms with E-state index >= 15 is 0 Å². The fourth-order valence-electron chi connectivity index (χ4n) is 3.46. The van der Waals surface area contributed by atoms with Crippen molar-refractivity contribution in [2.75, 3.05) is 0 Å². The maximum atomic E-state index is 12.9. The molecule has 1 aliphatic carbocycles. The molecule has 0 spiro atoms. The SMILES string of the molecule is O=C(OCc1nnc(-c2ccc(Br)o2)o1)C1(c2ccc(Cl)cc2)CCCC1. The molecule has 0 bridgehead atoms. The van der Waals surface area contributed by atoms with Crippen LogP contribution in [0.1, 0.15) is 37.1 Å². The molecule has 2 aromatic heterocycles. The van der Waals surface area contributed by atoms with Gasteiger partial charge in [0, 0.05) is 5.02 Å². The van der Waals surface area contributed by atoms with E-state index in [9.17, 15) is 4.79 Å². The molecule has 0 radical (unpaired) electrons. The summed E-state index contributed by atoms with van der Waals surface area (Å²) in [6.07, 6.45) is 3.47. The van der Waals surface area contributed by atoms with E-state index in [2.05, 4.69) is 26.1 Å². The van der Waals surface area contributed by atoms with Crippen LogP contribution in [0, 0.1) is 0 Å². The molecular formula is C19H16BrClN2O4. The van der Waals surface area contributed by atoms with Crippen LogP contribution in [0.4, 0.5) is 0 Å². The zero-order valence-corrected chi connectivity index (χ0v) is 16.6. The average molecular weight is 452 g/mol. The molecule has 1 fully saturated rings. The fraction of sp³-hybridized carbons (Fsp3) is 0.316. The lowest BCUT2D eigenvalue weighted by Crippen LogP contribution is -2.34. The third-order valence-electron chi connectivity index (χ3n) is 4.82. The third-order valence-corrected chi connectivity index (χ3v) is 5.50. The summed E-state index contributed by atoms with van der Waals surface area (Å²) in [5.74, 6) is 0.623. The normalized spacial score (nSPS) is 15.8. The van der Waals surface area contributed by atoms with Crippen molar-refractivity contribution in [3.8, 4) is 11.7 Å². The minimum absolute atomic E-state index is 0.0803. The monoisotopic (exact) mass is 450 g/mol. The summed E-state index contributed by atoms with van der Waals surface area (Å²) in [4.78, 5) is 12.9. The first-order valence-corrected chi connectivity index (χ1v) is 9.75. The Hall–Kier alpha value is -2.12. The maximum absolute atomic E-state index is 12.9. The number of hydrogen-bond acceptors (Lipinski definition) is 6.